The highest BCUT2D eigenvalue weighted by atomic mass is 35.5. The Morgan fingerprint density at radius 3 is 2.89 bits per heavy atom. The predicted molar refractivity (Wildman–Crippen MR) is 65.5 cm³/mol. The van der Waals surface area contributed by atoms with Gasteiger partial charge in [0, 0.05) is 18.4 Å². The lowest BCUT2D eigenvalue weighted by Gasteiger charge is -1.99. The SMILES string of the molecule is Cc1ccc([N+](=O)[O-])c(-c2nnc(CCCl)o2)c1. The Bertz CT molecular complexity index is 583. The fourth-order valence-corrected chi connectivity index (χ4v) is 1.69. The number of halogens is 1. The average molecular weight is 268 g/mol. The molecule has 0 aliphatic carbocycles. The second-order valence-corrected chi connectivity index (χ2v) is 4.10. The number of nitro benzene ring substituents is 1. The van der Waals surface area contributed by atoms with Crippen LogP contribution in [0.25, 0.3) is 11.5 Å². The first kappa shape index (κ1) is 12.5. The molecule has 0 saturated carbocycles. The second kappa shape index (κ2) is 5.14. The molecule has 0 atom stereocenters. The van der Waals surface area contributed by atoms with Crippen LogP contribution in [-0.4, -0.2) is 21.0 Å². The molecule has 0 aliphatic heterocycles. The van der Waals surface area contributed by atoms with Gasteiger partial charge >= 0.3 is 0 Å². The molecule has 0 aliphatic rings. The van der Waals surface area contributed by atoms with Crippen LogP contribution < -0.4 is 0 Å². The molecule has 0 bridgehead atoms. The fourth-order valence-electron chi connectivity index (χ4n) is 1.52. The minimum Gasteiger partial charge on any atom is -0.420 e. The zero-order valence-electron chi connectivity index (χ0n) is 9.59. The molecule has 94 valence electrons. The van der Waals surface area contributed by atoms with E-state index in [1.165, 1.54) is 6.07 Å². The van der Waals surface area contributed by atoms with Crippen LogP contribution in [0.5, 0.6) is 0 Å². The molecule has 0 radical (unpaired) electrons. The molecule has 0 N–H and O–H groups in total. The van der Waals surface area contributed by atoms with E-state index in [2.05, 4.69) is 10.2 Å². The van der Waals surface area contributed by atoms with Gasteiger partial charge in [-0.3, -0.25) is 10.1 Å². The largest absolute Gasteiger partial charge is 0.420 e. The summed E-state index contributed by atoms with van der Waals surface area (Å²) in [6.07, 6.45) is 0.439. The van der Waals surface area contributed by atoms with Gasteiger partial charge in [-0.25, -0.2) is 0 Å². The molecule has 0 saturated heterocycles. The molecule has 0 fully saturated rings. The van der Waals surface area contributed by atoms with Crippen molar-refractivity contribution in [1.82, 2.24) is 10.2 Å². The summed E-state index contributed by atoms with van der Waals surface area (Å²) >= 11 is 5.56. The van der Waals surface area contributed by atoms with Gasteiger partial charge in [0.15, 0.2) is 0 Å². The average Bonchev–Trinajstić information content (AvgIpc) is 2.77. The minimum atomic E-state index is -0.472. The molecular formula is C11H10ClN3O3. The Morgan fingerprint density at radius 1 is 1.44 bits per heavy atom. The van der Waals surface area contributed by atoms with E-state index >= 15 is 0 Å². The zero-order chi connectivity index (χ0) is 13.1. The number of aromatic nitrogens is 2. The molecule has 2 rings (SSSR count). The molecular weight excluding hydrogens is 258 g/mol. The molecule has 7 heteroatoms. The summed E-state index contributed by atoms with van der Waals surface area (Å²) in [5.41, 5.74) is 1.16. The third-order valence-corrected chi connectivity index (χ3v) is 2.54. The first-order valence-electron chi connectivity index (χ1n) is 5.25. The van der Waals surface area contributed by atoms with Crippen molar-refractivity contribution < 1.29 is 9.34 Å². The van der Waals surface area contributed by atoms with Gasteiger partial charge in [-0.05, 0) is 18.6 Å². The van der Waals surface area contributed by atoms with Crippen molar-refractivity contribution in [2.75, 3.05) is 5.88 Å². The van der Waals surface area contributed by atoms with Crippen LogP contribution in [0, 0.1) is 17.0 Å². The van der Waals surface area contributed by atoms with Crippen LogP contribution >= 0.6 is 11.6 Å². The number of rotatable bonds is 4. The number of hydrogen-bond acceptors (Lipinski definition) is 5. The number of hydrogen-bond donors (Lipinski definition) is 0. The topological polar surface area (TPSA) is 82.1 Å². The van der Waals surface area contributed by atoms with Gasteiger partial charge < -0.3 is 4.42 Å². The van der Waals surface area contributed by atoms with Crippen molar-refractivity contribution in [2.24, 2.45) is 0 Å². The third-order valence-electron chi connectivity index (χ3n) is 2.35. The van der Waals surface area contributed by atoms with Crippen molar-refractivity contribution in [1.29, 1.82) is 0 Å². The monoisotopic (exact) mass is 267 g/mol. The van der Waals surface area contributed by atoms with Gasteiger partial charge in [-0.15, -0.1) is 21.8 Å². The van der Waals surface area contributed by atoms with E-state index in [0.717, 1.165) is 5.56 Å². The molecule has 1 aromatic heterocycles. The normalized spacial score (nSPS) is 10.6. The number of benzene rings is 1. The number of aryl methyl sites for hydroxylation is 2. The summed E-state index contributed by atoms with van der Waals surface area (Å²) in [4.78, 5) is 10.5. The lowest BCUT2D eigenvalue weighted by molar-refractivity contribution is -0.384. The first-order valence-corrected chi connectivity index (χ1v) is 5.79. The van der Waals surface area contributed by atoms with E-state index in [1.54, 1.807) is 12.1 Å². The zero-order valence-corrected chi connectivity index (χ0v) is 10.3. The lowest BCUT2D eigenvalue weighted by atomic mass is 10.1. The maximum absolute atomic E-state index is 10.9. The Kier molecular flexibility index (Phi) is 3.57. The van der Waals surface area contributed by atoms with Crippen molar-refractivity contribution in [2.45, 2.75) is 13.3 Å². The van der Waals surface area contributed by atoms with E-state index in [1.807, 2.05) is 6.92 Å². The highest BCUT2D eigenvalue weighted by Crippen LogP contribution is 2.29. The summed E-state index contributed by atoms with van der Waals surface area (Å²) in [6, 6.07) is 4.74. The molecule has 1 heterocycles. The molecule has 0 unspecified atom stereocenters. The van der Waals surface area contributed by atoms with Crippen LogP contribution in [-0.2, 0) is 6.42 Å². The summed E-state index contributed by atoms with van der Waals surface area (Å²) in [5, 5.41) is 18.5. The maximum atomic E-state index is 10.9. The standard InChI is InChI=1S/C11H10ClN3O3/c1-7-2-3-9(15(16)17)8(6-7)11-14-13-10(18-11)4-5-12/h2-3,6H,4-5H2,1H3. The van der Waals surface area contributed by atoms with Gasteiger partial charge in [0.05, 0.1) is 4.92 Å². The third kappa shape index (κ3) is 2.48. The lowest BCUT2D eigenvalue weighted by Crippen LogP contribution is -1.92. The molecule has 18 heavy (non-hydrogen) atoms. The highest BCUT2D eigenvalue weighted by molar-refractivity contribution is 6.17. The predicted octanol–water partition coefficient (Wildman–Crippen LogP) is 2.73. The van der Waals surface area contributed by atoms with E-state index in [4.69, 9.17) is 16.0 Å². The summed E-state index contributed by atoms with van der Waals surface area (Å²) in [5.74, 6) is 0.874. The smallest absolute Gasteiger partial charge is 0.282 e. The van der Waals surface area contributed by atoms with Gasteiger partial charge in [0.25, 0.3) is 11.6 Å². The Morgan fingerprint density at radius 2 is 2.22 bits per heavy atom. The van der Waals surface area contributed by atoms with Crippen LogP contribution in [0.2, 0.25) is 0 Å². The van der Waals surface area contributed by atoms with Crippen LogP contribution in [0.1, 0.15) is 11.5 Å². The number of nitro groups is 1. The Balaban J connectivity index is 2.47. The molecule has 0 amide bonds. The van der Waals surface area contributed by atoms with E-state index in [9.17, 15) is 10.1 Å². The van der Waals surface area contributed by atoms with Crippen molar-refractivity contribution >= 4 is 17.3 Å². The Hall–Kier alpha value is -1.95. The van der Waals surface area contributed by atoms with E-state index < -0.39 is 4.92 Å². The van der Waals surface area contributed by atoms with Gasteiger partial charge in [0.2, 0.25) is 5.89 Å². The first-order chi connectivity index (χ1) is 8.61. The summed E-state index contributed by atoms with van der Waals surface area (Å²) in [6.45, 7) is 1.84. The van der Waals surface area contributed by atoms with E-state index in [-0.39, 0.29) is 11.6 Å². The van der Waals surface area contributed by atoms with Crippen LogP contribution in [0.15, 0.2) is 22.6 Å². The van der Waals surface area contributed by atoms with Gasteiger partial charge in [-0.1, -0.05) is 6.07 Å². The molecule has 2 aromatic rings. The quantitative estimate of drug-likeness (QED) is 0.483. The minimum absolute atomic E-state index is 0.0540. The molecule has 6 nitrogen and oxygen atoms in total. The van der Waals surface area contributed by atoms with Gasteiger partial charge in [-0.2, -0.15) is 0 Å². The van der Waals surface area contributed by atoms with Crippen molar-refractivity contribution in [3.8, 4) is 11.5 Å². The molecule has 0 spiro atoms. The molecule has 1 aromatic carbocycles. The summed E-state index contributed by atoms with van der Waals surface area (Å²) < 4.78 is 5.34. The van der Waals surface area contributed by atoms with E-state index in [0.29, 0.717) is 23.8 Å². The number of nitrogens with zero attached hydrogens (tertiary/aromatic N) is 3. The summed E-state index contributed by atoms with van der Waals surface area (Å²) in [7, 11) is 0. The van der Waals surface area contributed by atoms with Crippen LogP contribution in [0.4, 0.5) is 5.69 Å². The maximum Gasteiger partial charge on any atom is 0.282 e. The highest BCUT2D eigenvalue weighted by Gasteiger charge is 2.20. The van der Waals surface area contributed by atoms with Crippen molar-refractivity contribution in [3.05, 3.63) is 39.8 Å². The van der Waals surface area contributed by atoms with Crippen molar-refractivity contribution in [3.63, 3.8) is 0 Å². The second-order valence-electron chi connectivity index (χ2n) is 3.72. The number of alkyl halides is 1. The Labute approximate surface area is 108 Å². The van der Waals surface area contributed by atoms with Crippen LogP contribution in [0.3, 0.4) is 0 Å². The van der Waals surface area contributed by atoms with Gasteiger partial charge in [0.1, 0.15) is 5.56 Å². The fraction of sp³-hybridized carbons (Fsp3) is 0.273.